The van der Waals surface area contributed by atoms with Crippen LogP contribution in [0.3, 0.4) is 0 Å². The summed E-state index contributed by atoms with van der Waals surface area (Å²) in [6, 6.07) is 7.93. The van der Waals surface area contributed by atoms with Crippen molar-refractivity contribution in [2.24, 2.45) is 0 Å². The van der Waals surface area contributed by atoms with Crippen LogP contribution in [0.2, 0.25) is 0 Å². The Balaban J connectivity index is 2.08. The number of methoxy groups -OCH3 is 1. The Morgan fingerprint density at radius 3 is 2.78 bits per heavy atom. The van der Waals surface area contributed by atoms with Gasteiger partial charge in [-0.3, -0.25) is 10.1 Å². The zero-order chi connectivity index (χ0) is 13.1. The molecular weight excluding hydrogens is 228 g/mol. The number of nitrogens with zero attached hydrogens (tertiary/aromatic N) is 1. The van der Waals surface area contributed by atoms with Gasteiger partial charge in [0, 0.05) is 25.2 Å². The quantitative estimate of drug-likeness (QED) is 0.879. The van der Waals surface area contributed by atoms with E-state index in [4.69, 9.17) is 4.74 Å². The molecule has 0 bridgehead atoms. The number of likely N-dealkylation sites (tertiary alicyclic amines) is 1. The van der Waals surface area contributed by atoms with Gasteiger partial charge in [-0.05, 0) is 19.4 Å². The number of likely N-dealkylation sites (N-methyl/N-ethyl adjacent to an activating group) is 1. The largest absolute Gasteiger partial charge is 0.496 e. The molecule has 98 valence electrons. The number of amides is 1. The molecule has 0 aromatic heterocycles. The molecular formula is C14H20N2O2. The van der Waals surface area contributed by atoms with Crippen molar-refractivity contribution in [3.63, 3.8) is 0 Å². The molecule has 2 atom stereocenters. The first-order chi connectivity index (χ1) is 8.63. The molecule has 1 aromatic rings. The van der Waals surface area contributed by atoms with Crippen LogP contribution in [0.15, 0.2) is 24.3 Å². The second kappa shape index (κ2) is 5.40. The molecule has 4 nitrogen and oxygen atoms in total. The Kier molecular flexibility index (Phi) is 3.87. The Morgan fingerprint density at radius 1 is 1.44 bits per heavy atom. The molecule has 0 spiro atoms. The molecule has 0 aliphatic carbocycles. The number of carbonyl (C=O) groups excluding carboxylic acids is 1. The summed E-state index contributed by atoms with van der Waals surface area (Å²) in [5, 5.41) is 3.38. The fourth-order valence-corrected chi connectivity index (χ4v) is 2.39. The summed E-state index contributed by atoms with van der Waals surface area (Å²) in [4.78, 5) is 13.6. The first kappa shape index (κ1) is 12.9. The van der Waals surface area contributed by atoms with E-state index in [0.29, 0.717) is 0 Å². The molecule has 1 aliphatic rings. The van der Waals surface area contributed by atoms with Gasteiger partial charge in [0.05, 0.1) is 13.2 Å². The second-order valence-corrected chi connectivity index (χ2v) is 4.73. The van der Waals surface area contributed by atoms with Crippen molar-refractivity contribution >= 4 is 5.91 Å². The van der Waals surface area contributed by atoms with E-state index < -0.39 is 0 Å². The number of hydrogen-bond donors (Lipinski definition) is 1. The number of ether oxygens (including phenoxy) is 1. The van der Waals surface area contributed by atoms with Gasteiger partial charge in [0.1, 0.15) is 5.75 Å². The molecule has 4 heteroatoms. The van der Waals surface area contributed by atoms with E-state index in [1.54, 1.807) is 12.0 Å². The van der Waals surface area contributed by atoms with Crippen LogP contribution in [0.4, 0.5) is 0 Å². The Morgan fingerprint density at radius 2 is 2.17 bits per heavy atom. The maximum Gasteiger partial charge on any atom is 0.239 e. The van der Waals surface area contributed by atoms with E-state index in [-0.39, 0.29) is 18.0 Å². The van der Waals surface area contributed by atoms with Crippen LogP contribution in [0, 0.1) is 0 Å². The summed E-state index contributed by atoms with van der Waals surface area (Å²) in [6.45, 7) is 2.89. The smallest absolute Gasteiger partial charge is 0.239 e. The summed E-state index contributed by atoms with van der Waals surface area (Å²) < 4.78 is 5.34. The lowest BCUT2D eigenvalue weighted by Crippen LogP contribution is -2.38. The molecule has 1 aliphatic heterocycles. The lowest BCUT2D eigenvalue weighted by atomic mass is 10.1. The second-order valence-electron chi connectivity index (χ2n) is 4.73. The van der Waals surface area contributed by atoms with Gasteiger partial charge in [-0.2, -0.15) is 0 Å². The first-order valence-electron chi connectivity index (χ1n) is 6.27. The SMILES string of the molecule is COc1ccccc1[C@H](C)NC1CCN(C)C1=O. The average Bonchev–Trinajstić information content (AvgIpc) is 2.70. The highest BCUT2D eigenvalue weighted by molar-refractivity contribution is 5.83. The summed E-state index contributed by atoms with van der Waals surface area (Å²) in [5.41, 5.74) is 1.09. The highest BCUT2D eigenvalue weighted by Gasteiger charge is 2.30. The van der Waals surface area contributed by atoms with Crippen molar-refractivity contribution in [1.82, 2.24) is 10.2 Å². The number of carbonyl (C=O) groups is 1. The molecule has 1 N–H and O–H groups in total. The normalized spacial score (nSPS) is 21.2. The maximum atomic E-state index is 11.9. The Labute approximate surface area is 108 Å². The highest BCUT2D eigenvalue weighted by atomic mass is 16.5. The van der Waals surface area contributed by atoms with E-state index in [0.717, 1.165) is 24.3 Å². The standard InChI is InChI=1S/C14H20N2O2/c1-10(11-6-4-5-7-13(11)18-3)15-12-8-9-16(2)14(12)17/h4-7,10,12,15H,8-9H2,1-3H3/t10-,12?/m0/s1. The van der Waals surface area contributed by atoms with E-state index >= 15 is 0 Å². The Bertz CT molecular complexity index is 434. The molecule has 2 rings (SSSR count). The van der Waals surface area contributed by atoms with Crippen molar-refractivity contribution in [3.8, 4) is 5.75 Å². The summed E-state index contributed by atoms with van der Waals surface area (Å²) in [6.07, 6.45) is 0.870. The van der Waals surface area contributed by atoms with Crippen LogP contribution in [-0.2, 0) is 4.79 Å². The lowest BCUT2D eigenvalue weighted by Gasteiger charge is -2.20. The van der Waals surface area contributed by atoms with E-state index in [1.165, 1.54) is 0 Å². The molecule has 1 fully saturated rings. The van der Waals surface area contributed by atoms with E-state index in [1.807, 2.05) is 31.3 Å². The minimum absolute atomic E-state index is 0.0742. The number of para-hydroxylation sites is 1. The van der Waals surface area contributed by atoms with Crippen LogP contribution in [0.25, 0.3) is 0 Å². The van der Waals surface area contributed by atoms with Crippen LogP contribution in [-0.4, -0.2) is 37.6 Å². The highest BCUT2D eigenvalue weighted by Crippen LogP contribution is 2.25. The predicted molar refractivity (Wildman–Crippen MR) is 70.6 cm³/mol. The number of hydrogen-bond acceptors (Lipinski definition) is 3. The van der Waals surface area contributed by atoms with Crippen molar-refractivity contribution in [3.05, 3.63) is 29.8 Å². The van der Waals surface area contributed by atoms with E-state index in [2.05, 4.69) is 12.2 Å². The van der Waals surface area contributed by atoms with Crippen molar-refractivity contribution in [2.75, 3.05) is 20.7 Å². The van der Waals surface area contributed by atoms with Crippen LogP contribution in [0.1, 0.15) is 24.9 Å². The van der Waals surface area contributed by atoms with Gasteiger partial charge < -0.3 is 9.64 Å². The van der Waals surface area contributed by atoms with Crippen LogP contribution < -0.4 is 10.1 Å². The third-order valence-corrected chi connectivity index (χ3v) is 3.48. The molecule has 0 saturated carbocycles. The van der Waals surface area contributed by atoms with Gasteiger partial charge in [0.2, 0.25) is 5.91 Å². The Hall–Kier alpha value is -1.55. The van der Waals surface area contributed by atoms with Gasteiger partial charge in [0.25, 0.3) is 0 Å². The van der Waals surface area contributed by atoms with Crippen LogP contribution in [0.5, 0.6) is 5.75 Å². The topological polar surface area (TPSA) is 41.6 Å². The third-order valence-electron chi connectivity index (χ3n) is 3.48. The van der Waals surface area contributed by atoms with Crippen molar-refractivity contribution in [1.29, 1.82) is 0 Å². The summed E-state index contributed by atoms with van der Waals surface area (Å²) >= 11 is 0. The fraction of sp³-hybridized carbons (Fsp3) is 0.500. The fourth-order valence-electron chi connectivity index (χ4n) is 2.39. The van der Waals surface area contributed by atoms with Gasteiger partial charge in [-0.15, -0.1) is 0 Å². The van der Waals surface area contributed by atoms with Gasteiger partial charge in [-0.25, -0.2) is 0 Å². The molecule has 1 heterocycles. The van der Waals surface area contributed by atoms with Gasteiger partial charge >= 0.3 is 0 Å². The predicted octanol–water partition coefficient (Wildman–Crippen LogP) is 1.58. The van der Waals surface area contributed by atoms with Crippen molar-refractivity contribution in [2.45, 2.75) is 25.4 Å². The number of benzene rings is 1. The van der Waals surface area contributed by atoms with Gasteiger partial charge in [-0.1, -0.05) is 18.2 Å². The van der Waals surface area contributed by atoms with Crippen molar-refractivity contribution < 1.29 is 9.53 Å². The average molecular weight is 248 g/mol. The first-order valence-corrected chi connectivity index (χ1v) is 6.27. The minimum atomic E-state index is -0.0742. The lowest BCUT2D eigenvalue weighted by molar-refractivity contribution is -0.128. The molecule has 18 heavy (non-hydrogen) atoms. The summed E-state index contributed by atoms with van der Waals surface area (Å²) in [7, 11) is 3.51. The number of nitrogens with one attached hydrogen (secondary N) is 1. The number of rotatable bonds is 4. The molecule has 1 saturated heterocycles. The molecule has 1 aromatic carbocycles. The molecule has 1 unspecified atom stereocenters. The monoisotopic (exact) mass is 248 g/mol. The maximum absolute atomic E-state index is 11.9. The molecule has 1 amide bonds. The van der Waals surface area contributed by atoms with Gasteiger partial charge in [0.15, 0.2) is 0 Å². The third kappa shape index (κ3) is 2.48. The molecule has 0 radical (unpaired) electrons. The zero-order valence-electron chi connectivity index (χ0n) is 11.1. The van der Waals surface area contributed by atoms with Crippen LogP contribution >= 0.6 is 0 Å². The zero-order valence-corrected chi connectivity index (χ0v) is 11.1. The minimum Gasteiger partial charge on any atom is -0.496 e. The summed E-state index contributed by atoms with van der Waals surface area (Å²) in [5.74, 6) is 1.04. The van der Waals surface area contributed by atoms with E-state index in [9.17, 15) is 4.79 Å².